The molecule has 7 heteroatoms. The number of rotatable bonds is 2. The molecule has 0 spiro atoms. The lowest BCUT2D eigenvalue weighted by molar-refractivity contribution is -0.0831. The second-order valence-corrected chi connectivity index (χ2v) is 7.99. The Morgan fingerprint density at radius 2 is 1.96 bits per heavy atom. The van der Waals surface area contributed by atoms with Gasteiger partial charge in [-0.25, -0.2) is 4.79 Å². The highest BCUT2D eigenvalue weighted by molar-refractivity contribution is 6.42. The van der Waals surface area contributed by atoms with Crippen LogP contribution in [0.1, 0.15) is 32.3 Å². The molecule has 134 valence electrons. The second kappa shape index (κ2) is 7.48. The van der Waals surface area contributed by atoms with E-state index in [0.717, 1.165) is 5.56 Å². The molecule has 1 fully saturated rings. The number of carbonyl (C=O) groups is 1. The zero-order valence-electron chi connectivity index (χ0n) is 14.0. The van der Waals surface area contributed by atoms with Crippen molar-refractivity contribution in [2.75, 3.05) is 19.7 Å². The number of amides is 1. The summed E-state index contributed by atoms with van der Waals surface area (Å²) in [6, 6.07) is 5.17. The maximum Gasteiger partial charge on any atom is 0.407 e. The molecule has 5 nitrogen and oxygen atoms in total. The first-order valence-corrected chi connectivity index (χ1v) is 8.58. The van der Waals surface area contributed by atoms with Gasteiger partial charge in [0.05, 0.1) is 35.4 Å². The zero-order valence-corrected chi connectivity index (χ0v) is 15.5. The van der Waals surface area contributed by atoms with Gasteiger partial charge < -0.3 is 19.8 Å². The van der Waals surface area contributed by atoms with Gasteiger partial charge in [-0.05, 0) is 23.1 Å². The number of nitrogens with zero attached hydrogens (tertiary/aromatic N) is 1. The summed E-state index contributed by atoms with van der Waals surface area (Å²) in [5.41, 5.74) is 0.539. The maximum absolute atomic E-state index is 11.6. The highest BCUT2D eigenvalue weighted by Crippen LogP contribution is 2.35. The van der Waals surface area contributed by atoms with Gasteiger partial charge in [0.1, 0.15) is 0 Å². The molecule has 1 heterocycles. The van der Waals surface area contributed by atoms with Crippen LogP contribution in [0.4, 0.5) is 4.79 Å². The predicted octanol–water partition coefficient (Wildman–Crippen LogP) is 3.86. The minimum atomic E-state index is -1.00. The highest BCUT2D eigenvalue weighted by Gasteiger charge is 2.39. The first-order chi connectivity index (χ1) is 11.1. The van der Waals surface area contributed by atoms with E-state index in [-0.39, 0.29) is 37.1 Å². The number of carboxylic acid groups (broad SMARTS) is 1. The average Bonchev–Trinajstić information content (AvgIpc) is 2.69. The van der Waals surface area contributed by atoms with E-state index in [9.17, 15) is 15.0 Å². The number of aliphatic hydroxyl groups excluding tert-OH is 1. The van der Waals surface area contributed by atoms with E-state index in [1.54, 1.807) is 18.2 Å². The van der Waals surface area contributed by atoms with Crippen molar-refractivity contribution in [2.45, 2.75) is 38.9 Å². The predicted molar refractivity (Wildman–Crippen MR) is 94.0 cm³/mol. The molecule has 0 aliphatic carbocycles. The Labute approximate surface area is 152 Å². The molecule has 0 saturated carbocycles. The summed E-state index contributed by atoms with van der Waals surface area (Å²) in [4.78, 5) is 13.0. The van der Waals surface area contributed by atoms with Gasteiger partial charge in [-0.2, -0.15) is 0 Å². The van der Waals surface area contributed by atoms with E-state index in [1.807, 2.05) is 20.8 Å². The van der Waals surface area contributed by atoms with Crippen LogP contribution >= 0.6 is 23.2 Å². The van der Waals surface area contributed by atoms with Crippen LogP contribution in [0.3, 0.4) is 0 Å². The molecule has 1 unspecified atom stereocenters. The van der Waals surface area contributed by atoms with Gasteiger partial charge in [-0.15, -0.1) is 0 Å². The van der Waals surface area contributed by atoms with Gasteiger partial charge >= 0.3 is 6.09 Å². The van der Waals surface area contributed by atoms with Crippen molar-refractivity contribution in [3.63, 3.8) is 0 Å². The quantitative estimate of drug-likeness (QED) is 0.822. The van der Waals surface area contributed by atoms with Crippen molar-refractivity contribution in [3.8, 4) is 0 Å². The minimum Gasteiger partial charge on any atom is -0.465 e. The fraction of sp³-hybridized carbons (Fsp3) is 0.588. The van der Waals surface area contributed by atoms with Crippen LogP contribution in [0, 0.1) is 5.41 Å². The molecule has 24 heavy (non-hydrogen) atoms. The maximum atomic E-state index is 11.6. The first-order valence-electron chi connectivity index (χ1n) is 7.82. The second-order valence-electron chi connectivity index (χ2n) is 7.18. The van der Waals surface area contributed by atoms with Crippen LogP contribution < -0.4 is 0 Å². The lowest BCUT2D eigenvalue weighted by atomic mass is 9.88. The highest BCUT2D eigenvalue weighted by atomic mass is 35.5. The lowest BCUT2D eigenvalue weighted by Crippen LogP contribution is -2.42. The van der Waals surface area contributed by atoms with Crippen LogP contribution in [-0.2, 0) is 4.74 Å². The fourth-order valence-electron chi connectivity index (χ4n) is 2.85. The van der Waals surface area contributed by atoms with Gasteiger partial charge in [0, 0.05) is 12.5 Å². The Morgan fingerprint density at radius 1 is 1.29 bits per heavy atom. The molecule has 1 aliphatic heterocycles. The van der Waals surface area contributed by atoms with Crippen LogP contribution in [0.5, 0.6) is 0 Å². The summed E-state index contributed by atoms with van der Waals surface area (Å²) in [5, 5.41) is 20.2. The standard InChI is InChI=1S/C17H23Cl2NO4/c1-17(2,3)15-8-20(16(22)23)7-11(14(9-21)24-15)10-4-5-12(18)13(19)6-10/h4-6,11,14-15,21H,7-9H2,1-3H3,(H,22,23)/t11-,14+,15?/m1/s1. The van der Waals surface area contributed by atoms with E-state index in [2.05, 4.69) is 0 Å². The molecule has 1 amide bonds. The number of aliphatic hydroxyl groups is 1. The molecule has 0 aromatic heterocycles. The summed E-state index contributed by atoms with van der Waals surface area (Å²) in [7, 11) is 0. The fourth-order valence-corrected chi connectivity index (χ4v) is 3.15. The molecular formula is C17H23Cl2NO4. The Hall–Kier alpha value is -1.01. The number of ether oxygens (including phenoxy) is 1. The molecule has 1 aromatic carbocycles. The van der Waals surface area contributed by atoms with Crippen molar-refractivity contribution in [2.24, 2.45) is 5.41 Å². The molecule has 2 rings (SSSR count). The zero-order chi connectivity index (χ0) is 18.1. The van der Waals surface area contributed by atoms with Gasteiger partial charge in [0.25, 0.3) is 0 Å². The normalized spacial score (nSPS) is 25.4. The summed E-state index contributed by atoms with van der Waals surface area (Å²) in [5.74, 6) is -0.326. The molecule has 1 saturated heterocycles. The largest absolute Gasteiger partial charge is 0.465 e. The monoisotopic (exact) mass is 375 g/mol. The molecule has 1 aliphatic rings. The topological polar surface area (TPSA) is 70.0 Å². The average molecular weight is 376 g/mol. The Kier molecular flexibility index (Phi) is 6.02. The molecule has 3 atom stereocenters. The van der Waals surface area contributed by atoms with Gasteiger partial charge in [0.2, 0.25) is 0 Å². The molecule has 1 aromatic rings. The smallest absolute Gasteiger partial charge is 0.407 e. The van der Waals surface area contributed by atoms with Gasteiger partial charge in [0.15, 0.2) is 0 Å². The third-order valence-corrected chi connectivity index (χ3v) is 5.12. The molecule has 2 N–H and O–H groups in total. The van der Waals surface area contributed by atoms with E-state index in [0.29, 0.717) is 10.0 Å². The van der Waals surface area contributed by atoms with Crippen molar-refractivity contribution in [3.05, 3.63) is 33.8 Å². The number of benzene rings is 1. The third-order valence-electron chi connectivity index (χ3n) is 4.38. The Balaban J connectivity index is 2.41. The summed E-state index contributed by atoms with van der Waals surface area (Å²) in [6.07, 6.45) is -1.84. The van der Waals surface area contributed by atoms with Crippen molar-refractivity contribution >= 4 is 29.3 Å². The molecular weight excluding hydrogens is 353 g/mol. The summed E-state index contributed by atoms with van der Waals surface area (Å²) in [6.45, 7) is 6.26. The van der Waals surface area contributed by atoms with Crippen LogP contribution in [0.25, 0.3) is 0 Å². The lowest BCUT2D eigenvalue weighted by Gasteiger charge is -2.33. The van der Waals surface area contributed by atoms with Crippen molar-refractivity contribution in [1.29, 1.82) is 0 Å². The van der Waals surface area contributed by atoms with E-state index >= 15 is 0 Å². The van der Waals surface area contributed by atoms with Gasteiger partial charge in [-0.1, -0.05) is 50.0 Å². The van der Waals surface area contributed by atoms with E-state index in [4.69, 9.17) is 27.9 Å². The van der Waals surface area contributed by atoms with Crippen LogP contribution in [0.15, 0.2) is 18.2 Å². The summed E-state index contributed by atoms with van der Waals surface area (Å²) >= 11 is 12.1. The summed E-state index contributed by atoms with van der Waals surface area (Å²) < 4.78 is 6.11. The van der Waals surface area contributed by atoms with Crippen LogP contribution in [-0.4, -0.2) is 53.1 Å². The van der Waals surface area contributed by atoms with Gasteiger partial charge in [-0.3, -0.25) is 0 Å². The number of hydrogen-bond acceptors (Lipinski definition) is 3. The Morgan fingerprint density at radius 3 is 2.46 bits per heavy atom. The van der Waals surface area contributed by atoms with Crippen LogP contribution in [0.2, 0.25) is 10.0 Å². The van der Waals surface area contributed by atoms with E-state index in [1.165, 1.54) is 4.90 Å². The minimum absolute atomic E-state index is 0.203. The van der Waals surface area contributed by atoms with Crippen molar-refractivity contribution < 1.29 is 19.7 Å². The SMILES string of the molecule is CC(C)(C)C1CN(C(=O)O)C[C@H](c2ccc(Cl)c(Cl)c2)[C@H](CO)O1. The molecule has 0 radical (unpaired) electrons. The number of hydrogen-bond donors (Lipinski definition) is 2. The Bertz CT molecular complexity index is 603. The number of halogens is 2. The molecule has 0 bridgehead atoms. The van der Waals surface area contributed by atoms with Crippen molar-refractivity contribution in [1.82, 2.24) is 4.90 Å². The third kappa shape index (κ3) is 4.33. The first kappa shape index (κ1) is 19.3. The van der Waals surface area contributed by atoms with E-state index < -0.39 is 12.2 Å².